The number of nitrogens with zero attached hydrogens (tertiary/aromatic N) is 1. The maximum absolute atomic E-state index is 11.7. The zero-order chi connectivity index (χ0) is 14.5. The van der Waals surface area contributed by atoms with Gasteiger partial charge in [0.1, 0.15) is 5.56 Å². The van der Waals surface area contributed by atoms with Crippen LogP contribution in [-0.4, -0.2) is 23.6 Å². The molecule has 2 heterocycles. The van der Waals surface area contributed by atoms with E-state index in [4.69, 9.17) is 10.5 Å². The van der Waals surface area contributed by atoms with Crippen molar-refractivity contribution in [1.29, 1.82) is 0 Å². The monoisotopic (exact) mass is 295 g/mol. The maximum Gasteiger partial charge on any atom is 0.346 e. The van der Waals surface area contributed by atoms with Gasteiger partial charge in [0.15, 0.2) is 6.61 Å². The van der Waals surface area contributed by atoms with E-state index in [9.17, 15) is 9.59 Å². The Balaban J connectivity index is 1.80. The number of aryl methyl sites for hydroxylation is 1. The Bertz CT molecular complexity index is 587. The molecular formula is C12H13N3O4S. The Morgan fingerprint density at radius 2 is 2.35 bits per heavy atom. The van der Waals surface area contributed by atoms with Gasteiger partial charge in [0.2, 0.25) is 5.88 Å². The summed E-state index contributed by atoms with van der Waals surface area (Å²) in [5, 5.41) is 8.09. The molecule has 0 atom stereocenters. The lowest BCUT2D eigenvalue weighted by Crippen LogP contribution is -2.28. The lowest BCUT2D eigenvalue weighted by Gasteiger charge is -2.05. The van der Waals surface area contributed by atoms with Crippen LogP contribution < -0.4 is 11.1 Å². The molecule has 0 radical (unpaired) electrons. The number of anilines is 1. The molecule has 0 saturated heterocycles. The Morgan fingerprint density at radius 3 is 2.95 bits per heavy atom. The number of nitrogens with one attached hydrogen (secondary N) is 1. The Labute approximate surface area is 118 Å². The van der Waals surface area contributed by atoms with Crippen molar-refractivity contribution in [3.05, 3.63) is 33.6 Å². The average Bonchev–Trinajstić information content (AvgIpc) is 3.04. The van der Waals surface area contributed by atoms with Crippen molar-refractivity contribution in [3.8, 4) is 0 Å². The second kappa shape index (κ2) is 6.20. The number of carbonyl (C=O) groups is 2. The first-order chi connectivity index (χ1) is 9.58. The van der Waals surface area contributed by atoms with Crippen LogP contribution in [0.2, 0.25) is 0 Å². The van der Waals surface area contributed by atoms with Gasteiger partial charge >= 0.3 is 5.97 Å². The molecule has 20 heavy (non-hydrogen) atoms. The van der Waals surface area contributed by atoms with Gasteiger partial charge in [0, 0.05) is 4.88 Å². The van der Waals surface area contributed by atoms with Crippen molar-refractivity contribution < 1.29 is 18.8 Å². The van der Waals surface area contributed by atoms with Crippen LogP contribution in [0, 0.1) is 6.92 Å². The third-order valence-electron chi connectivity index (χ3n) is 2.47. The largest absolute Gasteiger partial charge is 0.452 e. The van der Waals surface area contributed by atoms with Crippen molar-refractivity contribution in [1.82, 2.24) is 10.5 Å². The number of esters is 1. The average molecular weight is 295 g/mol. The molecule has 0 aromatic carbocycles. The third-order valence-corrected chi connectivity index (χ3v) is 3.34. The number of aromatic nitrogens is 1. The van der Waals surface area contributed by atoms with Gasteiger partial charge in [-0.25, -0.2) is 4.79 Å². The Kier molecular flexibility index (Phi) is 4.36. The number of nitrogens with two attached hydrogens (primary N) is 1. The van der Waals surface area contributed by atoms with Gasteiger partial charge < -0.3 is 20.3 Å². The summed E-state index contributed by atoms with van der Waals surface area (Å²) in [6.07, 6.45) is 0. The van der Waals surface area contributed by atoms with E-state index in [-0.39, 0.29) is 24.0 Å². The number of rotatable bonds is 5. The van der Waals surface area contributed by atoms with Gasteiger partial charge in [0.05, 0.1) is 12.2 Å². The van der Waals surface area contributed by atoms with Gasteiger partial charge in [-0.3, -0.25) is 4.79 Å². The highest BCUT2D eigenvalue weighted by Crippen LogP contribution is 2.16. The number of carbonyl (C=O) groups excluding carboxylic acids is 2. The molecule has 106 valence electrons. The van der Waals surface area contributed by atoms with Gasteiger partial charge in [0.25, 0.3) is 5.91 Å². The summed E-state index contributed by atoms with van der Waals surface area (Å²) in [7, 11) is 0. The van der Waals surface area contributed by atoms with Crippen LogP contribution >= 0.6 is 11.3 Å². The van der Waals surface area contributed by atoms with E-state index in [1.807, 2.05) is 17.5 Å². The van der Waals surface area contributed by atoms with Crippen molar-refractivity contribution in [2.45, 2.75) is 13.5 Å². The van der Waals surface area contributed by atoms with Crippen LogP contribution in [0.25, 0.3) is 0 Å². The Hall–Kier alpha value is -2.35. The number of thiophene rings is 1. The molecule has 2 aromatic heterocycles. The minimum absolute atomic E-state index is 0.0519. The van der Waals surface area contributed by atoms with Crippen LogP contribution in [0.4, 0.5) is 5.88 Å². The molecule has 0 saturated carbocycles. The highest BCUT2D eigenvalue weighted by Gasteiger charge is 2.20. The van der Waals surface area contributed by atoms with Crippen LogP contribution in [-0.2, 0) is 16.1 Å². The molecule has 0 spiro atoms. The zero-order valence-corrected chi connectivity index (χ0v) is 11.5. The summed E-state index contributed by atoms with van der Waals surface area (Å²) < 4.78 is 9.50. The van der Waals surface area contributed by atoms with Crippen molar-refractivity contribution >= 4 is 29.1 Å². The summed E-state index contributed by atoms with van der Waals surface area (Å²) in [4.78, 5) is 24.3. The molecule has 0 unspecified atom stereocenters. The zero-order valence-electron chi connectivity index (χ0n) is 10.7. The summed E-state index contributed by atoms with van der Waals surface area (Å²) in [5.74, 6) is -1.24. The fourth-order valence-electron chi connectivity index (χ4n) is 1.49. The topological polar surface area (TPSA) is 107 Å². The van der Waals surface area contributed by atoms with Gasteiger partial charge in [-0.05, 0) is 18.4 Å². The first-order valence-corrected chi connectivity index (χ1v) is 6.64. The Morgan fingerprint density at radius 1 is 1.55 bits per heavy atom. The highest BCUT2D eigenvalue weighted by atomic mass is 32.1. The predicted molar refractivity (Wildman–Crippen MR) is 72.1 cm³/mol. The first kappa shape index (κ1) is 14.1. The quantitative estimate of drug-likeness (QED) is 0.800. The molecule has 0 aliphatic carbocycles. The van der Waals surface area contributed by atoms with Crippen LogP contribution in [0.1, 0.15) is 20.9 Å². The highest BCUT2D eigenvalue weighted by molar-refractivity contribution is 7.09. The van der Waals surface area contributed by atoms with E-state index < -0.39 is 5.97 Å². The minimum Gasteiger partial charge on any atom is -0.452 e. The number of nitrogen functional groups attached to an aromatic ring is 1. The predicted octanol–water partition coefficient (Wildman–Crippen LogP) is 1.10. The van der Waals surface area contributed by atoms with Gasteiger partial charge in [-0.1, -0.05) is 11.2 Å². The normalized spacial score (nSPS) is 10.2. The molecule has 3 N–H and O–H groups in total. The van der Waals surface area contributed by atoms with E-state index in [1.165, 1.54) is 11.3 Å². The molecule has 2 aromatic rings. The van der Waals surface area contributed by atoms with Crippen molar-refractivity contribution in [2.24, 2.45) is 0 Å². The molecule has 7 nitrogen and oxygen atoms in total. The van der Waals surface area contributed by atoms with E-state index >= 15 is 0 Å². The maximum atomic E-state index is 11.7. The lowest BCUT2D eigenvalue weighted by molar-refractivity contribution is -0.124. The van der Waals surface area contributed by atoms with Crippen LogP contribution in [0.15, 0.2) is 22.0 Å². The molecule has 0 aliphatic rings. The fourth-order valence-corrected chi connectivity index (χ4v) is 2.13. The molecule has 0 aliphatic heterocycles. The molecule has 1 amide bonds. The molecule has 2 rings (SSSR count). The van der Waals surface area contributed by atoms with Crippen molar-refractivity contribution in [3.63, 3.8) is 0 Å². The second-order valence-corrected chi connectivity index (χ2v) is 4.97. The van der Waals surface area contributed by atoms with Crippen LogP contribution in [0.3, 0.4) is 0 Å². The van der Waals surface area contributed by atoms with E-state index in [2.05, 4.69) is 15.0 Å². The first-order valence-electron chi connectivity index (χ1n) is 5.76. The number of hydrogen-bond donors (Lipinski definition) is 2. The number of amides is 1. The number of hydrogen-bond acceptors (Lipinski definition) is 7. The number of ether oxygens (including phenoxy) is 1. The summed E-state index contributed by atoms with van der Waals surface area (Å²) in [5.41, 5.74) is 5.82. The smallest absolute Gasteiger partial charge is 0.346 e. The fraction of sp³-hybridized carbons (Fsp3) is 0.250. The van der Waals surface area contributed by atoms with E-state index in [0.717, 1.165) is 4.88 Å². The standard InChI is InChI=1S/C12H13N3O4S/c1-7-10(11(13)19-15-7)12(17)18-6-9(16)14-5-8-3-2-4-20-8/h2-4H,5-6,13H2,1H3,(H,14,16). The van der Waals surface area contributed by atoms with E-state index in [0.29, 0.717) is 12.2 Å². The molecule has 0 bridgehead atoms. The summed E-state index contributed by atoms with van der Waals surface area (Å²) in [6.45, 7) is 1.59. The second-order valence-electron chi connectivity index (χ2n) is 3.94. The summed E-state index contributed by atoms with van der Waals surface area (Å²) >= 11 is 1.53. The minimum atomic E-state index is -0.729. The van der Waals surface area contributed by atoms with Gasteiger partial charge in [-0.2, -0.15) is 0 Å². The third kappa shape index (κ3) is 3.35. The molecule has 0 fully saturated rings. The lowest BCUT2D eigenvalue weighted by atomic mass is 10.2. The van der Waals surface area contributed by atoms with Gasteiger partial charge in [-0.15, -0.1) is 11.3 Å². The van der Waals surface area contributed by atoms with Crippen molar-refractivity contribution in [2.75, 3.05) is 12.3 Å². The van der Waals surface area contributed by atoms with E-state index in [1.54, 1.807) is 6.92 Å². The molecular weight excluding hydrogens is 282 g/mol. The summed E-state index contributed by atoms with van der Waals surface area (Å²) in [6, 6.07) is 3.79. The SMILES string of the molecule is Cc1noc(N)c1C(=O)OCC(=O)NCc1cccs1. The molecule has 8 heteroatoms. The van der Waals surface area contributed by atoms with Crippen LogP contribution in [0.5, 0.6) is 0 Å².